The van der Waals surface area contributed by atoms with E-state index in [4.69, 9.17) is 4.52 Å². The van der Waals surface area contributed by atoms with Crippen LogP contribution in [0.2, 0.25) is 0 Å². The molecule has 6 nitrogen and oxygen atoms in total. The highest BCUT2D eigenvalue weighted by Crippen LogP contribution is 2.36. The van der Waals surface area contributed by atoms with Gasteiger partial charge in [0.1, 0.15) is 0 Å². The van der Waals surface area contributed by atoms with E-state index in [9.17, 15) is 4.79 Å². The van der Waals surface area contributed by atoms with Crippen molar-refractivity contribution in [1.29, 1.82) is 0 Å². The van der Waals surface area contributed by atoms with Crippen LogP contribution in [0.15, 0.2) is 47.0 Å². The van der Waals surface area contributed by atoms with E-state index in [0.29, 0.717) is 17.4 Å². The van der Waals surface area contributed by atoms with Crippen LogP contribution >= 0.6 is 0 Å². The van der Waals surface area contributed by atoms with E-state index < -0.39 is 0 Å². The Balaban J connectivity index is 1.40. The van der Waals surface area contributed by atoms with Crippen LogP contribution < -0.4 is 10.6 Å². The van der Waals surface area contributed by atoms with Crippen LogP contribution in [0, 0.1) is 13.8 Å². The van der Waals surface area contributed by atoms with Crippen LogP contribution in [0.3, 0.4) is 0 Å². The van der Waals surface area contributed by atoms with Crippen LogP contribution in [-0.2, 0) is 0 Å². The Morgan fingerprint density at radius 3 is 2.56 bits per heavy atom. The number of carbonyl (C=O) groups excluding carboxylic acids is 1. The van der Waals surface area contributed by atoms with Gasteiger partial charge in [-0.2, -0.15) is 4.98 Å². The van der Waals surface area contributed by atoms with Crippen molar-refractivity contribution in [2.24, 2.45) is 0 Å². The number of anilines is 2. The van der Waals surface area contributed by atoms with Gasteiger partial charge < -0.3 is 15.2 Å². The summed E-state index contributed by atoms with van der Waals surface area (Å²) in [6, 6.07) is 13.1. The number of nitrogens with one attached hydrogen (secondary N) is 2. The lowest BCUT2D eigenvalue weighted by atomic mass is 9.85. The van der Waals surface area contributed by atoms with Gasteiger partial charge in [0.05, 0.1) is 0 Å². The zero-order valence-electron chi connectivity index (χ0n) is 15.5. The van der Waals surface area contributed by atoms with E-state index in [-0.39, 0.29) is 6.03 Å². The summed E-state index contributed by atoms with van der Waals surface area (Å²) in [4.78, 5) is 16.7. The standard InChI is InChI=1S/C21H22N4O2/c1-13-6-7-14(2)18(12-13)23-21(26)22-17-10-8-15(9-11-17)19-24-20(27-25-19)16-4-3-5-16/h6-12,16H,3-5H2,1-2H3,(H2,22,23,26). The third-order valence-corrected chi connectivity index (χ3v) is 4.94. The molecule has 1 fully saturated rings. The van der Waals surface area contributed by atoms with E-state index >= 15 is 0 Å². The van der Waals surface area contributed by atoms with Gasteiger partial charge in [0.15, 0.2) is 0 Å². The number of hydrogen-bond donors (Lipinski definition) is 2. The Morgan fingerprint density at radius 1 is 1.07 bits per heavy atom. The molecule has 1 aliphatic rings. The molecule has 4 rings (SSSR count). The number of nitrogens with zero attached hydrogens (tertiary/aromatic N) is 2. The van der Waals surface area contributed by atoms with Crippen molar-refractivity contribution in [3.05, 3.63) is 59.5 Å². The quantitative estimate of drug-likeness (QED) is 0.663. The third kappa shape index (κ3) is 3.84. The molecule has 0 radical (unpaired) electrons. The molecule has 6 heteroatoms. The second kappa shape index (κ2) is 7.23. The zero-order chi connectivity index (χ0) is 18.8. The maximum atomic E-state index is 12.3. The van der Waals surface area contributed by atoms with Crippen LogP contribution in [0.4, 0.5) is 16.2 Å². The fourth-order valence-electron chi connectivity index (χ4n) is 3.03. The van der Waals surface area contributed by atoms with Gasteiger partial charge >= 0.3 is 6.03 Å². The van der Waals surface area contributed by atoms with Gasteiger partial charge in [-0.3, -0.25) is 0 Å². The number of urea groups is 1. The summed E-state index contributed by atoms with van der Waals surface area (Å²) >= 11 is 0. The predicted molar refractivity (Wildman–Crippen MR) is 105 cm³/mol. The minimum atomic E-state index is -0.275. The molecule has 0 unspecified atom stereocenters. The summed E-state index contributed by atoms with van der Waals surface area (Å²) in [7, 11) is 0. The first kappa shape index (κ1) is 17.3. The Morgan fingerprint density at radius 2 is 1.85 bits per heavy atom. The van der Waals surface area contributed by atoms with Crippen LogP contribution in [0.1, 0.15) is 42.2 Å². The van der Waals surface area contributed by atoms with Gasteiger partial charge in [-0.15, -0.1) is 0 Å². The van der Waals surface area contributed by atoms with Gasteiger partial charge in [0.25, 0.3) is 0 Å². The molecule has 2 aromatic carbocycles. The Labute approximate surface area is 158 Å². The van der Waals surface area contributed by atoms with Crippen molar-refractivity contribution in [3.8, 4) is 11.4 Å². The molecule has 1 aliphatic carbocycles. The molecule has 0 spiro atoms. The Kier molecular flexibility index (Phi) is 4.62. The molecule has 1 heterocycles. The van der Waals surface area contributed by atoms with Gasteiger partial charge in [-0.25, -0.2) is 4.79 Å². The Hall–Kier alpha value is -3.15. The van der Waals surface area contributed by atoms with Crippen molar-refractivity contribution >= 4 is 17.4 Å². The number of carbonyl (C=O) groups is 1. The second-order valence-corrected chi connectivity index (χ2v) is 7.06. The summed E-state index contributed by atoms with van der Waals surface area (Å²) in [6.45, 7) is 3.96. The first-order valence-electron chi connectivity index (χ1n) is 9.18. The van der Waals surface area contributed by atoms with Crippen LogP contribution in [-0.4, -0.2) is 16.2 Å². The average molecular weight is 362 g/mol. The van der Waals surface area contributed by atoms with Crippen LogP contribution in [0.5, 0.6) is 0 Å². The van der Waals surface area contributed by atoms with E-state index in [1.807, 2.05) is 56.3 Å². The molecule has 0 saturated heterocycles. The lowest BCUT2D eigenvalue weighted by Crippen LogP contribution is -2.20. The van der Waals surface area contributed by atoms with E-state index in [1.54, 1.807) is 0 Å². The average Bonchev–Trinajstić information content (AvgIpc) is 3.06. The molecular formula is C21H22N4O2. The minimum Gasteiger partial charge on any atom is -0.339 e. The first-order valence-corrected chi connectivity index (χ1v) is 9.18. The van der Waals surface area contributed by atoms with Gasteiger partial charge in [0.2, 0.25) is 11.7 Å². The fourth-order valence-corrected chi connectivity index (χ4v) is 3.03. The number of hydrogen-bond acceptors (Lipinski definition) is 4. The molecule has 0 bridgehead atoms. The summed E-state index contributed by atoms with van der Waals surface area (Å²) in [5.74, 6) is 1.73. The number of rotatable bonds is 4. The number of aryl methyl sites for hydroxylation is 2. The lowest BCUT2D eigenvalue weighted by molar-refractivity contribution is 0.262. The van der Waals surface area contributed by atoms with E-state index in [1.165, 1.54) is 6.42 Å². The van der Waals surface area contributed by atoms with Crippen molar-refractivity contribution < 1.29 is 9.32 Å². The van der Waals surface area contributed by atoms with Gasteiger partial charge in [-0.1, -0.05) is 23.7 Å². The fraction of sp³-hybridized carbons (Fsp3) is 0.286. The number of benzene rings is 2. The second-order valence-electron chi connectivity index (χ2n) is 7.06. The topological polar surface area (TPSA) is 80.0 Å². The van der Waals surface area contributed by atoms with Crippen molar-refractivity contribution in [2.45, 2.75) is 39.0 Å². The first-order chi connectivity index (χ1) is 13.1. The van der Waals surface area contributed by atoms with Crippen LogP contribution in [0.25, 0.3) is 11.4 Å². The summed E-state index contributed by atoms with van der Waals surface area (Å²) in [5.41, 5.74) is 4.49. The summed E-state index contributed by atoms with van der Waals surface area (Å²) in [6.07, 6.45) is 3.48. The van der Waals surface area contributed by atoms with Crippen molar-refractivity contribution in [3.63, 3.8) is 0 Å². The molecule has 27 heavy (non-hydrogen) atoms. The monoisotopic (exact) mass is 362 g/mol. The highest BCUT2D eigenvalue weighted by atomic mass is 16.5. The van der Waals surface area contributed by atoms with Crippen molar-refractivity contribution in [1.82, 2.24) is 10.1 Å². The molecule has 2 N–H and O–H groups in total. The van der Waals surface area contributed by atoms with Gasteiger partial charge in [0, 0.05) is 22.9 Å². The largest absolute Gasteiger partial charge is 0.339 e. The summed E-state index contributed by atoms with van der Waals surface area (Å²) < 4.78 is 5.36. The molecule has 1 saturated carbocycles. The lowest BCUT2D eigenvalue weighted by Gasteiger charge is -2.20. The Bertz CT molecular complexity index is 959. The molecule has 3 aromatic rings. The number of amides is 2. The molecule has 1 aromatic heterocycles. The smallest absolute Gasteiger partial charge is 0.323 e. The van der Waals surface area contributed by atoms with E-state index in [2.05, 4.69) is 20.8 Å². The molecule has 0 aliphatic heterocycles. The van der Waals surface area contributed by atoms with Gasteiger partial charge in [-0.05, 0) is 68.1 Å². The maximum Gasteiger partial charge on any atom is 0.323 e. The highest BCUT2D eigenvalue weighted by molar-refractivity contribution is 6.00. The third-order valence-electron chi connectivity index (χ3n) is 4.94. The van der Waals surface area contributed by atoms with Crippen molar-refractivity contribution in [2.75, 3.05) is 10.6 Å². The van der Waals surface area contributed by atoms with E-state index in [0.717, 1.165) is 41.1 Å². The highest BCUT2D eigenvalue weighted by Gasteiger charge is 2.25. The molecule has 138 valence electrons. The summed E-state index contributed by atoms with van der Waals surface area (Å²) in [5, 5.41) is 9.80. The molecular weight excluding hydrogens is 340 g/mol. The molecule has 0 atom stereocenters. The number of aromatic nitrogens is 2. The minimum absolute atomic E-state index is 0.275. The SMILES string of the molecule is Cc1ccc(C)c(NC(=O)Nc2ccc(-c3noc(C4CCC4)n3)cc2)c1. The maximum absolute atomic E-state index is 12.3. The zero-order valence-corrected chi connectivity index (χ0v) is 15.5. The normalized spacial score (nSPS) is 13.9. The predicted octanol–water partition coefficient (Wildman–Crippen LogP) is 5.26. The molecule has 2 amide bonds.